The molecule has 0 aromatic carbocycles. The van der Waals surface area contributed by atoms with Gasteiger partial charge in [-0.15, -0.1) is 24.0 Å². The van der Waals surface area contributed by atoms with Gasteiger partial charge in [-0.05, 0) is 38.8 Å². The van der Waals surface area contributed by atoms with Gasteiger partial charge in [0.2, 0.25) is 0 Å². The van der Waals surface area contributed by atoms with Gasteiger partial charge in [-0.2, -0.15) is 0 Å². The summed E-state index contributed by atoms with van der Waals surface area (Å²) in [6.45, 7) is 6.85. The summed E-state index contributed by atoms with van der Waals surface area (Å²) in [5.74, 6) is 1.75. The Morgan fingerprint density at radius 2 is 1.96 bits per heavy atom. The van der Waals surface area contributed by atoms with Crippen molar-refractivity contribution < 1.29 is 9.47 Å². The Kier molecular flexibility index (Phi) is 7.84. The molecule has 0 aromatic rings. The van der Waals surface area contributed by atoms with Gasteiger partial charge in [0.05, 0.1) is 12.7 Å². The van der Waals surface area contributed by atoms with Gasteiger partial charge < -0.3 is 24.6 Å². The second-order valence-electron chi connectivity index (χ2n) is 6.75. The predicted molar refractivity (Wildman–Crippen MR) is 103 cm³/mol. The molecule has 3 saturated heterocycles. The topological polar surface area (TPSA) is 49.3 Å². The summed E-state index contributed by atoms with van der Waals surface area (Å²) in [5.41, 5.74) is 0. The van der Waals surface area contributed by atoms with Gasteiger partial charge in [0.25, 0.3) is 0 Å². The highest BCUT2D eigenvalue weighted by atomic mass is 127. The summed E-state index contributed by atoms with van der Waals surface area (Å²) in [4.78, 5) is 9.20. The minimum absolute atomic E-state index is 0. The van der Waals surface area contributed by atoms with Crippen molar-refractivity contribution in [3.8, 4) is 0 Å². The van der Waals surface area contributed by atoms with E-state index >= 15 is 0 Å². The molecule has 3 aliphatic rings. The zero-order valence-corrected chi connectivity index (χ0v) is 16.7. The van der Waals surface area contributed by atoms with Crippen LogP contribution in [-0.2, 0) is 9.47 Å². The molecule has 0 amide bonds. The molecule has 0 aliphatic carbocycles. The molecule has 3 atom stereocenters. The third-order valence-corrected chi connectivity index (χ3v) is 5.02. The molecule has 3 aliphatic heterocycles. The zero-order chi connectivity index (χ0) is 15.4. The number of nitrogens with one attached hydrogen (secondary N) is 1. The molecule has 3 unspecified atom stereocenters. The smallest absolute Gasteiger partial charge is 0.193 e. The lowest BCUT2D eigenvalue weighted by Gasteiger charge is -2.37. The first kappa shape index (κ1) is 19.2. The Labute approximate surface area is 157 Å². The SMILES string of the molecule is CN=C(NCC1CCN(C)C1)N1CCOC(C2CCCO2)C1.I. The van der Waals surface area contributed by atoms with E-state index in [1.807, 2.05) is 7.05 Å². The maximum absolute atomic E-state index is 5.92. The van der Waals surface area contributed by atoms with Gasteiger partial charge in [0, 0.05) is 39.8 Å². The van der Waals surface area contributed by atoms with E-state index < -0.39 is 0 Å². The minimum Gasteiger partial charge on any atom is -0.375 e. The van der Waals surface area contributed by atoms with E-state index in [4.69, 9.17) is 9.47 Å². The second-order valence-corrected chi connectivity index (χ2v) is 6.75. The van der Waals surface area contributed by atoms with Gasteiger partial charge in [-0.3, -0.25) is 4.99 Å². The van der Waals surface area contributed by atoms with E-state index in [1.165, 1.54) is 19.5 Å². The standard InChI is InChI=1S/C16H30N4O2.HI/c1-17-16(18-10-13-5-6-19(2)11-13)20-7-9-22-15(12-20)14-4-3-8-21-14;/h13-15H,3-12H2,1-2H3,(H,17,18);1H. The molecule has 1 N–H and O–H groups in total. The van der Waals surface area contributed by atoms with Crippen molar-refractivity contribution in [3.63, 3.8) is 0 Å². The largest absolute Gasteiger partial charge is 0.375 e. The molecular formula is C16H31IN4O2. The molecule has 23 heavy (non-hydrogen) atoms. The second kappa shape index (κ2) is 9.39. The highest BCUT2D eigenvalue weighted by Gasteiger charge is 2.32. The molecule has 0 saturated carbocycles. The molecule has 3 rings (SSSR count). The van der Waals surface area contributed by atoms with Crippen molar-refractivity contribution >= 4 is 29.9 Å². The van der Waals surface area contributed by atoms with Crippen molar-refractivity contribution in [2.75, 3.05) is 60.0 Å². The van der Waals surface area contributed by atoms with Crippen LogP contribution in [0, 0.1) is 5.92 Å². The number of morpholine rings is 1. The van der Waals surface area contributed by atoms with Crippen molar-refractivity contribution in [1.82, 2.24) is 15.1 Å². The third kappa shape index (κ3) is 5.17. The van der Waals surface area contributed by atoms with E-state index in [2.05, 4.69) is 27.2 Å². The molecule has 3 heterocycles. The number of halogens is 1. The van der Waals surface area contributed by atoms with Gasteiger partial charge in [-0.1, -0.05) is 0 Å². The number of ether oxygens (including phenoxy) is 2. The molecule has 0 bridgehead atoms. The van der Waals surface area contributed by atoms with Crippen molar-refractivity contribution in [2.45, 2.75) is 31.5 Å². The lowest BCUT2D eigenvalue weighted by molar-refractivity contribution is -0.0817. The summed E-state index contributed by atoms with van der Waals surface area (Å²) >= 11 is 0. The Balaban J connectivity index is 0.00000192. The molecule has 0 spiro atoms. The average molecular weight is 438 g/mol. The van der Waals surface area contributed by atoms with Crippen LogP contribution in [0.5, 0.6) is 0 Å². The Hall–Kier alpha value is -0.120. The highest BCUT2D eigenvalue weighted by molar-refractivity contribution is 14.0. The fourth-order valence-electron chi connectivity index (χ4n) is 3.75. The third-order valence-electron chi connectivity index (χ3n) is 5.02. The van der Waals surface area contributed by atoms with Crippen LogP contribution in [0.2, 0.25) is 0 Å². The molecule has 0 aromatic heterocycles. The Morgan fingerprint density at radius 1 is 1.13 bits per heavy atom. The number of guanidine groups is 1. The molecule has 7 heteroatoms. The van der Waals surface area contributed by atoms with Crippen LogP contribution >= 0.6 is 24.0 Å². The van der Waals surface area contributed by atoms with E-state index in [1.54, 1.807) is 0 Å². The van der Waals surface area contributed by atoms with Crippen molar-refractivity contribution in [3.05, 3.63) is 0 Å². The van der Waals surface area contributed by atoms with E-state index in [9.17, 15) is 0 Å². The summed E-state index contributed by atoms with van der Waals surface area (Å²) in [6, 6.07) is 0. The maximum atomic E-state index is 5.92. The lowest BCUT2D eigenvalue weighted by atomic mass is 10.1. The first-order valence-corrected chi connectivity index (χ1v) is 8.63. The highest BCUT2D eigenvalue weighted by Crippen LogP contribution is 2.21. The van der Waals surface area contributed by atoms with Gasteiger partial charge in [-0.25, -0.2) is 0 Å². The molecule has 6 nitrogen and oxygen atoms in total. The molecule has 134 valence electrons. The Bertz CT molecular complexity index is 390. The van der Waals surface area contributed by atoms with Gasteiger partial charge in [0.15, 0.2) is 5.96 Å². The Morgan fingerprint density at radius 3 is 2.61 bits per heavy atom. The van der Waals surface area contributed by atoms with Crippen LogP contribution in [0.4, 0.5) is 0 Å². The van der Waals surface area contributed by atoms with Crippen LogP contribution in [-0.4, -0.2) is 88.0 Å². The molecule has 3 fully saturated rings. The van der Waals surface area contributed by atoms with Crippen LogP contribution in [0.15, 0.2) is 4.99 Å². The number of nitrogens with zero attached hydrogens (tertiary/aromatic N) is 3. The fourth-order valence-corrected chi connectivity index (χ4v) is 3.75. The zero-order valence-electron chi connectivity index (χ0n) is 14.4. The maximum Gasteiger partial charge on any atom is 0.193 e. The van der Waals surface area contributed by atoms with E-state index in [-0.39, 0.29) is 36.2 Å². The van der Waals surface area contributed by atoms with Crippen LogP contribution in [0.1, 0.15) is 19.3 Å². The number of rotatable bonds is 3. The summed E-state index contributed by atoms with van der Waals surface area (Å²) in [6.07, 6.45) is 4.02. The van der Waals surface area contributed by atoms with Crippen LogP contribution < -0.4 is 5.32 Å². The number of hydrogen-bond acceptors (Lipinski definition) is 4. The summed E-state index contributed by atoms with van der Waals surface area (Å²) in [5, 5.41) is 3.57. The summed E-state index contributed by atoms with van der Waals surface area (Å²) in [7, 11) is 4.07. The number of likely N-dealkylation sites (tertiary alicyclic amines) is 1. The van der Waals surface area contributed by atoms with Gasteiger partial charge in [0.1, 0.15) is 6.10 Å². The average Bonchev–Trinajstić information content (AvgIpc) is 3.20. The first-order valence-electron chi connectivity index (χ1n) is 8.63. The predicted octanol–water partition coefficient (Wildman–Crippen LogP) is 1.01. The van der Waals surface area contributed by atoms with Crippen LogP contribution in [0.25, 0.3) is 0 Å². The van der Waals surface area contributed by atoms with E-state index in [0.29, 0.717) is 0 Å². The monoisotopic (exact) mass is 438 g/mol. The molecular weight excluding hydrogens is 407 g/mol. The quantitative estimate of drug-likeness (QED) is 0.405. The molecule has 0 radical (unpaired) electrons. The van der Waals surface area contributed by atoms with Crippen molar-refractivity contribution in [1.29, 1.82) is 0 Å². The summed E-state index contributed by atoms with van der Waals surface area (Å²) < 4.78 is 11.7. The number of aliphatic imine (C=N–C) groups is 1. The first-order chi connectivity index (χ1) is 10.8. The fraction of sp³-hybridized carbons (Fsp3) is 0.938. The lowest BCUT2D eigenvalue weighted by Crippen LogP contribution is -2.53. The minimum atomic E-state index is 0. The van der Waals surface area contributed by atoms with E-state index in [0.717, 1.165) is 57.6 Å². The van der Waals surface area contributed by atoms with Crippen LogP contribution in [0.3, 0.4) is 0 Å². The van der Waals surface area contributed by atoms with Gasteiger partial charge >= 0.3 is 0 Å². The normalized spacial score (nSPS) is 32.9. The number of hydrogen-bond donors (Lipinski definition) is 1. The van der Waals surface area contributed by atoms with Crippen molar-refractivity contribution in [2.24, 2.45) is 10.9 Å².